The number of nitrogens with zero attached hydrogens (tertiary/aromatic N) is 1. The summed E-state index contributed by atoms with van der Waals surface area (Å²) in [7, 11) is -3.86. The highest BCUT2D eigenvalue weighted by Crippen LogP contribution is 2.26. The molecule has 0 saturated carbocycles. The van der Waals surface area contributed by atoms with Gasteiger partial charge in [0, 0.05) is 22.9 Å². The Morgan fingerprint density at radius 1 is 1.28 bits per heavy atom. The molecule has 1 aromatic rings. The molecule has 0 spiro atoms. The first kappa shape index (κ1) is 21.6. The summed E-state index contributed by atoms with van der Waals surface area (Å²) in [6.07, 6.45) is 0.516. The van der Waals surface area contributed by atoms with Crippen molar-refractivity contribution in [3.05, 3.63) is 17.0 Å². The number of thiophene rings is 1. The molecule has 0 radical (unpaired) electrons. The van der Waals surface area contributed by atoms with Gasteiger partial charge in [-0.1, -0.05) is 20.8 Å². The number of carboxylic acids is 1. The molecule has 2 N–H and O–H groups in total. The maximum atomic E-state index is 12.6. The zero-order valence-corrected chi connectivity index (χ0v) is 16.8. The Hall–Kier alpha value is -1.45. The second kappa shape index (κ2) is 8.29. The number of nitrogens with one attached hydrogen (secondary N) is 1. The summed E-state index contributed by atoms with van der Waals surface area (Å²) >= 11 is 1.10. The molecular weight excluding hydrogens is 364 g/mol. The standard InChI is InChI=1S/C16H26N2O5S2/c1-11(2)18(10-13(19)20)25(22,23)14-7-6-12(24-14)8-9-17-15(21)16(3,4)5/h6-7,11H,8-10H2,1-5H3,(H,17,21)(H,19,20). The van der Waals surface area contributed by atoms with Crippen molar-refractivity contribution < 1.29 is 23.1 Å². The number of aliphatic carboxylic acids is 1. The van der Waals surface area contributed by atoms with Crippen molar-refractivity contribution in [3.63, 3.8) is 0 Å². The minimum absolute atomic E-state index is 0.0654. The van der Waals surface area contributed by atoms with E-state index in [-0.39, 0.29) is 10.1 Å². The van der Waals surface area contributed by atoms with Crippen molar-refractivity contribution in [2.75, 3.05) is 13.1 Å². The van der Waals surface area contributed by atoms with Crippen LogP contribution in [0.1, 0.15) is 39.5 Å². The van der Waals surface area contributed by atoms with Gasteiger partial charge in [0.1, 0.15) is 10.8 Å². The van der Waals surface area contributed by atoms with Crippen LogP contribution in [-0.2, 0) is 26.0 Å². The van der Waals surface area contributed by atoms with Crippen LogP contribution in [0.25, 0.3) is 0 Å². The highest BCUT2D eigenvalue weighted by Gasteiger charge is 2.30. The first-order chi connectivity index (χ1) is 11.4. The largest absolute Gasteiger partial charge is 0.480 e. The summed E-state index contributed by atoms with van der Waals surface area (Å²) in [6.45, 7) is 8.57. The molecule has 25 heavy (non-hydrogen) atoms. The van der Waals surface area contributed by atoms with Crippen molar-refractivity contribution in [1.29, 1.82) is 0 Å². The number of amides is 1. The fourth-order valence-corrected chi connectivity index (χ4v) is 5.06. The number of carboxylic acid groups (broad SMARTS) is 1. The summed E-state index contributed by atoms with van der Waals surface area (Å²) < 4.78 is 26.4. The molecule has 142 valence electrons. The van der Waals surface area contributed by atoms with Crippen LogP contribution < -0.4 is 5.32 Å². The highest BCUT2D eigenvalue weighted by atomic mass is 32.2. The Morgan fingerprint density at radius 3 is 2.36 bits per heavy atom. The number of sulfonamides is 1. The van der Waals surface area contributed by atoms with E-state index in [0.29, 0.717) is 13.0 Å². The quantitative estimate of drug-likeness (QED) is 0.706. The summed E-state index contributed by atoms with van der Waals surface area (Å²) in [6, 6.07) is 2.72. The third-order valence-corrected chi connectivity index (χ3v) is 7.04. The molecule has 1 amide bonds. The average molecular weight is 391 g/mol. The summed E-state index contributed by atoms with van der Waals surface area (Å²) in [5.74, 6) is -1.26. The van der Waals surface area contributed by atoms with E-state index >= 15 is 0 Å². The van der Waals surface area contributed by atoms with Gasteiger partial charge in [-0.05, 0) is 32.4 Å². The van der Waals surface area contributed by atoms with E-state index < -0.39 is 34.0 Å². The predicted octanol–water partition coefficient (Wildman–Crippen LogP) is 1.94. The molecule has 9 heteroatoms. The lowest BCUT2D eigenvalue weighted by atomic mass is 9.96. The number of hydrogen-bond donors (Lipinski definition) is 2. The minimum Gasteiger partial charge on any atom is -0.480 e. The van der Waals surface area contributed by atoms with Crippen LogP contribution in [-0.4, -0.2) is 48.8 Å². The topological polar surface area (TPSA) is 104 Å². The summed E-state index contributed by atoms with van der Waals surface area (Å²) in [5, 5.41) is 11.8. The molecule has 0 bridgehead atoms. The van der Waals surface area contributed by atoms with Gasteiger partial charge in [-0.3, -0.25) is 9.59 Å². The fraction of sp³-hybridized carbons (Fsp3) is 0.625. The maximum Gasteiger partial charge on any atom is 0.318 e. The molecule has 0 aromatic carbocycles. The number of hydrogen-bond acceptors (Lipinski definition) is 5. The van der Waals surface area contributed by atoms with E-state index in [4.69, 9.17) is 5.11 Å². The van der Waals surface area contributed by atoms with Crippen LogP contribution >= 0.6 is 11.3 Å². The maximum absolute atomic E-state index is 12.6. The van der Waals surface area contributed by atoms with Crippen molar-refractivity contribution in [2.24, 2.45) is 5.41 Å². The molecule has 0 atom stereocenters. The number of carbonyl (C=O) groups is 2. The lowest BCUT2D eigenvalue weighted by Crippen LogP contribution is -2.40. The van der Waals surface area contributed by atoms with Gasteiger partial charge >= 0.3 is 5.97 Å². The Morgan fingerprint density at radius 2 is 1.88 bits per heavy atom. The fourth-order valence-electron chi connectivity index (χ4n) is 1.99. The molecule has 1 rings (SSSR count). The minimum atomic E-state index is -3.86. The first-order valence-corrected chi connectivity index (χ1v) is 10.2. The monoisotopic (exact) mass is 390 g/mol. The van der Waals surface area contributed by atoms with E-state index in [9.17, 15) is 18.0 Å². The predicted molar refractivity (Wildman–Crippen MR) is 97.2 cm³/mol. The van der Waals surface area contributed by atoms with Gasteiger partial charge in [0.05, 0.1) is 0 Å². The van der Waals surface area contributed by atoms with Crippen LogP contribution in [0, 0.1) is 5.41 Å². The van der Waals surface area contributed by atoms with Gasteiger partial charge in [0.25, 0.3) is 10.0 Å². The molecule has 0 aliphatic rings. The average Bonchev–Trinajstić information content (AvgIpc) is 2.92. The Labute approximate surface area is 153 Å². The van der Waals surface area contributed by atoms with Crippen molar-refractivity contribution >= 4 is 33.2 Å². The molecule has 0 aliphatic heterocycles. The van der Waals surface area contributed by atoms with Crippen LogP contribution in [0.2, 0.25) is 0 Å². The van der Waals surface area contributed by atoms with Gasteiger partial charge in [0.2, 0.25) is 5.91 Å². The molecule has 0 fully saturated rings. The smallest absolute Gasteiger partial charge is 0.318 e. The number of rotatable bonds is 8. The molecular formula is C16H26N2O5S2. The van der Waals surface area contributed by atoms with Crippen LogP contribution in [0.15, 0.2) is 16.3 Å². The molecule has 1 aromatic heterocycles. The first-order valence-electron chi connectivity index (χ1n) is 7.96. The zero-order valence-electron chi connectivity index (χ0n) is 15.2. The third-order valence-electron chi connectivity index (χ3n) is 3.41. The van der Waals surface area contributed by atoms with Crippen LogP contribution in [0.5, 0.6) is 0 Å². The zero-order chi connectivity index (χ0) is 19.4. The molecule has 0 aliphatic carbocycles. The van der Waals surface area contributed by atoms with E-state index in [0.717, 1.165) is 20.5 Å². The Balaban J connectivity index is 2.82. The van der Waals surface area contributed by atoms with Crippen LogP contribution in [0.3, 0.4) is 0 Å². The van der Waals surface area contributed by atoms with Crippen molar-refractivity contribution in [2.45, 2.75) is 51.3 Å². The van der Waals surface area contributed by atoms with Crippen molar-refractivity contribution in [1.82, 2.24) is 9.62 Å². The van der Waals surface area contributed by atoms with E-state index in [1.807, 2.05) is 20.8 Å². The van der Waals surface area contributed by atoms with Gasteiger partial charge in [0.15, 0.2) is 0 Å². The number of carbonyl (C=O) groups excluding carboxylic acids is 1. The summed E-state index contributed by atoms with van der Waals surface area (Å²) in [4.78, 5) is 23.6. The van der Waals surface area contributed by atoms with Crippen LogP contribution in [0.4, 0.5) is 0 Å². The second-order valence-electron chi connectivity index (χ2n) is 7.01. The van der Waals surface area contributed by atoms with Gasteiger partial charge in [-0.15, -0.1) is 11.3 Å². The van der Waals surface area contributed by atoms with Gasteiger partial charge < -0.3 is 10.4 Å². The van der Waals surface area contributed by atoms with E-state index in [1.165, 1.54) is 6.07 Å². The Kier molecular flexibility index (Phi) is 7.16. The third kappa shape index (κ3) is 6.09. The molecule has 7 nitrogen and oxygen atoms in total. The van der Waals surface area contributed by atoms with Gasteiger partial charge in [-0.25, -0.2) is 8.42 Å². The lowest BCUT2D eigenvalue weighted by Gasteiger charge is -2.23. The highest BCUT2D eigenvalue weighted by molar-refractivity contribution is 7.91. The Bertz CT molecular complexity index is 717. The molecule has 0 unspecified atom stereocenters. The summed E-state index contributed by atoms with van der Waals surface area (Å²) in [5.41, 5.74) is -0.474. The SMILES string of the molecule is CC(C)N(CC(=O)O)S(=O)(=O)c1ccc(CCNC(=O)C(C)(C)C)s1. The lowest BCUT2D eigenvalue weighted by molar-refractivity contribution is -0.137. The van der Waals surface area contributed by atoms with Gasteiger partial charge in [-0.2, -0.15) is 4.31 Å². The molecule has 0 saturated heterocycles. The van der Waals surface area contributed by atoms with E-state index in [2.05, 4.69) is 5.32 Å². The normalized spacial score (nSPS) is 12.6. The molecule has 1 heterocycles. The van der Waals surface area contributed by atoms with E-state index in [1.54, 1.807) is 19.9 Å². The second-order valence-corrected chi connectivity index (χ2v) is 10.3. The van der Waals surface area contributed by atoms with Crippen molar-refractivity contribution in [3.8, 4) is 0 Å².